The van der Waals surface area contributed by atoms with E-state index in [2.05, 4.69) is 0 Å². The molecule has 2 rings (SSSR count). The van der Waals surface area contributed by atoms with Gasteiger partial charge in [-0.15, -0.1) is 11.3 Å². The van der Waals surface area contributed by atoms with E-state index in [9.17, 15) is 9.90 Å². The van der Waals surface area contributed by atoms with E-state index in [0.717, 1.165) is 17.7 Å². The molecular formula is C10H12O2S. The predicted molar refractivity (Wildman–Crippen MR) is 51.6 cm³/mol. The van der Waals surface area contributed by atoms with Crippen molar-refractivity contribution >= 4 is 17.1 Å². The highest BCUT2D eigenvalue weighted by molar-refractivity contribution is 7.10. The van der Waals surface area contributed by atoms with Crippen LogP contribution in [0.1, 0.15) is 30.2 Å². The van der Waals surface area contributed by atoms with Gasteiger partial charge in [-0.05, 0) is 24.3 Å². The molecule has 0 spiro atoms. The molecule has 1 saturated carbocycles. The first kappa shape index (κ1) is 8.91. The van der Waals surface area contributed by atoms with E-state index in [1.54, 1.807) is 0 Å². The first-order valence-electron chi connectivity index (χ1n) is 4.53. The number of hydrogen-bond acceptors (Lipinski definition) is 3. The number of hydrogen-bond donors (Lipinski definition) is 1. The minimum Gasteiger partial charge on any atom is -0.387 e. The second-order valence-electron chi connectivity index (χ2n) is 3.43. The summed E-state index contributed by atoms with van der Waals surface area (Å²) in [5.41, 5.74) is 0. The molecule has 1 aliphatic carbocycles. The molecule has 1 aromatic rings. The Morgan fingerprint density at radius 3 is 3.00 bits per heavy atom. The van der Waals surface area contributed by atoms with E-state index in [0.29, 0.717) is 6.42 Å². The molecule has 0 radical (unpaired) electrons. The van der Waals surface area contributed by atoms with Gasteiger partial charge in [0.25, 0.3) is 0 Å². The maximum atomic E-state index is 11.4. The van der Waals surface area contributed by atoms with Crippen LogP contribution in [-0.2, 0) is 4.79 Å². The topological polar surface area (TPSA) is 37.3 Å². The van der Waals surface area contributed by atoms with Gasteiger partial charge in [-0.1, -0.05) is 6.07 Å². The molecule has 0 amide bonds. The van der Waals surface area contributed by atoms with Crippen molar-refractivity contribution in [2.75, 3.05) is 0 Å². The van der Waals surface area contributed by atoms with E-state index < -0.39 is 6.10 Å². The van der Waals surface area contributed by atoms with Crippen LogP contribution in [0.3, 0.4) is 0 Å². The Morgan fingerprint density at radius 1 is 1.62 bits per heavy atom. The Labute approximate surface area is 81.2 Å². The minimum absolute atomic E-state index is 0.140. The SMILES string of the molecule is O=C1CCC[C@@H]1[C@H](O)c1cccs1. The molecular weight excluding hydrogens is 184 g/mol. The molecule has 0 saturated heterocycles. The van der Waals surface area contributed by atoms with Crippen molar-refractivity contribution in [2.45, 2.75) is 25.4 Å². The number of rotatable bonds is 2. The highest BCUT2D eigenvalue weighted by atomic mass is 32.1. The summed E-state index contributed by atoms with van der Waals surface area (Å²) < 4.78 is 0. The summed E-state index contributed by atoms with van der Waals surface area (Å²) in [5.74, 6) is 0.0829. The van der Waals surface area contributed by atoms with Gasteiger partial charge in [0.05, 0.1) is 6.10 Å². The third-order valence-corrected chi connectivity index (χ3v) is 3.51. The lowest BCUT2D eigenvalue weighted by molar-refractivity contribution is -0.123. The second-order valence-corrected chi connectivity index (χ2v) is 4.40. The number of ketones is 1. The monoisotopic (exact) mass is 196 g/mol. The Hall–Kier alpha value is -0.670. The highest BCUT2D eigenvalue weighted by Crippen LogP contribution is 2.34. The van der Waals surface area contributed by atoms with Gasteiger partial charge in [-0.3, -0.25) is 4.79 Å². The lowest BCUT2D eigenvalue weighted by atomic mass is 9.99. The molecule has 1 heterocycles. The Morgan fingerprint density at radius 2 is 2.46 bits per heavy atom. The van der Waals surface area contributed by atoms with Gasteiger partial charge in [0.1, 0.15) is 5.78 Å². The van der Waals surface area contributed by atoms with Crippen LogP contribution in [0, 0.1) is 5.92 Å². The minimum atomic E-state index is -0.560. The number of thiophene rings is 1. The molecule has 70 valence electrons. The average Bonchev–Trinajstić information content (AvgIpc) is 2.72. The number of carbonyl (C=O) groups excluding carboxylic acids is 1. The van der Waals surface area contributed by atoms with Crippen LogP contribution in [-0.4, -0.2) is 10.9 Å². The third kappa shape index (κ3) is 1.67. The molecule has 1 aliphatic rings. The average molecular weight is 196 g/mol. The summed E-state index contributed by atoms with van der Waals surface area (Å²) in [4.78, 5) is 12.3. The molecule has 1 aromatic heterocycles. The lowest BCUT2D eigenvalue weighted by Crippen LogP contribution is -2.15. The molecule has 2 nitrogen and oxygen atoms in total. The predicted octanol–water partition coefficient (Wildman–Crippen LogP) is 2.15. The zero-order chi connectivity index (χ0) is 9.26. The van der Waals surface area contributed by atoms with Crippen LogP contribution >= 0.6 is 11.3 Å². The van der Waals surface area contributed by atoms with Crippen molar-refractivity contribution in [3.8, 4) is 0 Å². The molecule has 0 aromatic carbocycles. The van der Waals surface area contributed by atoms with Crippen LogP contribution < -0.4 is 0 Å². The normalized spacial score (nSPS) is 25.0. The number of carbonyl (C=O) groups is 1. The van der Waals surface area contributed by atoms with Crippen molar-refractivity contribution in [3.05, 3.63) is 22.4 Å². The largest absolute Gasteiger partial charge is 0.387 e. The molecule has 2 atom stereocenters. The van der Waals surface area contributed by atoms with Gasteiger partial charge in [-0.25, -0.2) is 0 Å². The summed E-state index contributed by atoms with van der Waals surface area (Å²) in [7, 11) is 0. The fourth-order valence-corrected chi connectivity index (χ4v) is 2.61. The van der Waals surface area contributed by atoms with Gasteiger partial charge < -0.3 is 5.11 Å². The standard InChI is InChI=1S/C10H12O2S/c11-8-4-1-3-7(8)10(12)9-5-2-6-13-9/h2,5-7,10,12H,1,3-4H2/t7-,10-/m0/s1. The highest BCUT2D eigenvalue weighted by Gasteiger charge is 2.32. The number of Topliss-reactive ketones (excluding diaryl/α,β-unsaturated/α-hetero) is 1. The fourth-order valence-electron chi connectivity index (χ4n) is 1.83. The van der Waals surface area contributed by atoms with Gasteiger partial charge in [0.2, 0.25) is 0 Å². The van der Waals surface area contributed by atoms with Crippen molar-refractivity contribution < 1.29 is 9.90 Å². The maximum Gasteiger partial charge on any atom is 0.138 e. The van der Waals surface area contributed by atoms with E-state index in [1.165, 1.54) is 11.3 Å². The summed E-state index contributed by atoms with van der Waals surface area (Å²) in [6, 6.07) is 3.80. The quantitative estimate of drug-likeness (QED) is 0.787. The first-order valence-corrected chi connectivity index (χ1v) is 5.41. The fraction of sp³-hybridized carbons (Fsp3) is 0.500. The molecule has 3 heteroatoms. The Balaban J connectivity index is 2.13. The first-order chi connectivity index (χ1) is 6.29. The Kier molecular flexibility index (Phi) is 2.47. The molecule has 0 bridgehead atoms. The second kappa shape index (κ2) is 3.60. The summed E-state index contributed by atoms with van der Waals surface area (Å²) >= 11 is 1.52. The van der Waals surface area contributed by atoms with E-state index >= 15 is 0 Å². The van der Waals surface area contributed by atoms with Crippen molar-refractivity contribution in [1.29, 1.82) is 0 Å². The van der Waals surface area contributed by atoms with Gasteiger partial charge in [-0.2, -0.15) is 0 Å². The van der Waals surface area contributed by atoms with Gasteiger partial charge in [0, 0.05) is 17.2 Å². The van der Waals surface area contributed by atoms with Crippen LogP contribution in [0.2, 0.25) is 0 Å². The van der Waals surface area contributed by atoms with Crippen LogP contribution in [0.15, 0.2) is 17.5 Å². The smallest absolute Gasteiger partial charge is 0.138 e. The zero-order valence-corrected chi connectivity index (χ0v) is 8.09. The van der Waals surface area contributed by atoms with Crippen LogP contribution in [0.4, 0.5) is 0 Å². The maximum absolute atomic E-state index is 11.4. The van der Waals surface area contributed by atoms with Crippen molar-refractivity contribution in [3.63, 3.8) is 0 Å². The van der Waals surface area contributed by atoms with Gasteiger partial charge >= 0.3 is 0 Å². The number of aliphatic hydroxyl groups is 1. The summed E-state index contributed by atoms with van der Waals surface area (Å²) in [6.45, 7) is 0. The third-order valence-electron chi connectivity index (χ3n) is 2.57. The van der Waals surface area contributed by atoms with Crippen molar-refractivity contribution in [1.82, 2.24) is 0 Å². The Bertz CT molecular complexity index is 292. The van der Waals surface area contributed by atoms with E-state index in [-0.39, 0.29) is 11.7 Å². The number of aliphatic hydroxyl groups excluding tert-OH is 1. The molecule has 13 heavy (non-hydrogen) atoms. The molecule has 0 unspecified atom stereocenters. The lowest BCUT2D eigenvalue weighted by Gasteiger charge is -2.14. The summed E-state index contributed by atoms with van der Waals surface area (Å²) in [5, 5.41) is 11.8. The van der Waals surface area contributed by atoms with Crippen LogP contribution in [0.25, 0.3) is 0 Å². The van der Waals surface area contributed by atoms with E-state index in [1.807, 2.05) is 17.5 Å². The van der Waals surface area contributed by atoms with Crippen LogP contribution in [0.5, 0.6) is 0 Å². The van der Waals surface area contributed by atoms with Crippen molar-refractivity contribution in [2.24, 2.45) is 5.92 Å². The summed E-state index contributed by atoms with van der Waals surface area (Å²) in [6.07, 6.45) is 1.87. The molecule has 1 fully saturated rings. The zero-order valence-electron chi connectivity index (χ0n) is 7.27. The van der Waals surface area contributed by atoms with Gasteiger partial charge in [0.15, 0.2) is 0 Å². The molecule has 1 N–H and O–H groups in total. The van der Waals surface area contributed by atoms with E-state index in [4.69, 9.17) is 0 Å². The molecule has 0 aliphatic heterocycles.